The number of nitrogens with two attached hydrogens (primary N) is 1. The molecule has 0 aliphatic carbocycles. The minimum Gasteiger partial charge on any atom is -0.327 e. The molecule has 0 fully saturated rings. The standard InChI is InChI=1S/C15H21N3S/c1-3-18-10-13(9-17-18)8-14(16)11-19-15-6-4-5-12(2)7-15/h4-7,9-10,14H,3,8,11,16H2,1-2H3. The molecule has 0 aliphatic heterocycles. The van der Waals surface area contributed by atoms with Gasteiger partial charge in [0.1, 0.15) is 0 Å². The van der Waals surface area contributed by atoms with Crippen LogP contribution in [0.15, 0.2) is 41.6 Å². The van der Waals surface area contributed by atoms with E-state index in [0.29, 0.717) is 0 Å². The van der Waals surface area contributed by atoms with E-state index in [4.69, 9.17) is 5.73 Å². The summed E-state index contributed by atoms with van der Waals surface area (Å²) in [6.45, 7) is 5.11. The van der Waals surface area contributed by atoms with Gasteiger partial charge in [-0.2, -0.15) is 5.10 Å². The Morgan fingerprint density at radius 2 is 2.26 bits per heavy atom. The first-order valence-corrected chi connectivity index (χ1v) is 7.62. The van der Waals surface area contributed by atoms with Crippen molar-refractivity contribution in [2.24, 2.45) is 5.73 Å². The fraction of sp³-hybridized carbons (Fsp3) is 0.400. The number of benzene rings is 1. The molecule has 2 rings (SSSR count). The van der Waals surface area contributed by atoms with E-state index < -0.39 is 0 Å². The van der Waals surface area contributed by atoms with E-state index in [1.807, 2.05) is 22.6 Å². The lowest BCUT2D eigenvalue weighted by Gasteiger charge is -2.10. The van der Waals surface area contributed by atoms with Crippen LogP contribution in [0.25, 0.3) is 0 Å². The number of nitrogens with zero attached hydrogens (tertiary/aromatic N) is 2. The number of aryl methyl sites for hydroxylation is 2. The monoisotopic (exact) mass is 275 g/mol. The molecular weight excluding hydrogens is 254 g/mol. The third-order valence-corrected chi connectivity index (χ3v) is 4.14. The van der Waals surface area contributed by atoms with Crippen molar-refractivity contribution < 1.29 is 0 Å². The lowest BCUT2D eigenvalue weighted by atomic mass is 10.1. The third-order valence-electron chi connectivity index (χ3n) is 2.96. The van der Waals surface area contributed by atoms with Gasteiger partial charge in [-0.25, -0.2) is 0 Å². The van der Waals surface area contributed by atoms with Crippen molar-refractivity contribution in [1.82, 2.24) is 9.78 Å². The van der Waals surface area contributed by atoms with E-state index in [-0.39, 0.29) is 6.04 Å². The molecule has 1 atom stereocenters. The molecular formula is C15H21N3S. The van der Waals surface area contributed by atoms with Crippen molar-refractivity contribution in [2.45, 2.75) is 37.8 Å². The van der Waals surface area contributed by atoms with Crippen LogP contribution in [0.1, 0.15) is 18.1 Å². The molecule has 19 heavy (non-hydrogen) atoms. The van der Waals surface area contributed by atoms with E-state index in [2.05, 4.69) is 49.4 Å². The SMILES string of the molecule is CCn1cc(CC(N)CSc2cccc(C)c2)cn1. The van der Waals surface area contributed by atoms with E-state index in [1.54, 1.807) is 0 Å². The molecule has 0 amide bonds. The van der Waals surface area contributed by atoms with Gasteiger partial charge in [-0.1, -0.05) is 17.7 Å². The molecule has 0 aliphatic rings. The van der Waals surface area contributed by atoms with Gasteiger partial charge in [0.2, 0.25) is 0 Å². The van der Waals surface area contributed by atoms with Crippen LogP contribution in [0.5, 0.6) is 0 Å². The second kappa shape index (κ2) is 6.78. The Labute approximate surface area is 119 Å². The summed E-state index contributed by atoms with van der Waals surface area (Å²) in [5, 5.41) is 4.27. The van der Waals surface area contributed by atoms with Gasteiger partial charge in [-0.15, -0.1) is 11.8 Å². The lowest BCUT2D eigenvalue weighted by Crippen LogP contribution is -2.25. The summed E-state index contributed by atoms with van der Waals surface area (Å²) < 4.78 is 1.94. The van der Waals surface area contributed by atoms with Crippen LogP contribution < -0.4 is 5.73 Å². The second-order valence-corrected chi connectivity index (χ2v) is 5.89. The Kier molecular flexibility index (Phi) is 5.05. The van der Waals surface area contributed by atoms with Crippen molar-refractivity contribution >= 4 is 11.8 Å². The smallest absolute Gasteiger partial charge is 0.0522 e. The van der Waals surface area contributed by atoms with Crippen LogP contribution in [0, 0.1) is 6.92 Å². The maximum Gasteiger partial charge on any atom is 0.0522 e. The van der Waals surface area contributed by atoms with Crippen LogP contribution in [0.3, 0.4) is 0 Å². The third kappa shape index (κ3) is 4.40. The minimum absolute atomic E-state index is 0.167. The molecule has 1 aromatic carbocycles. The summed E-state index contributed by atoms with van der Waals surface area (Å²) in [4.78, 5) is 1.29. The molecule has 0 radical (unpaired) electrons. The molecule has 1 unspecified atom stereocenters. The summed E-state index contributed by atoms with van der Waals surface area (Å²) in [6.07, 6.45) is 4.89. The molecule has 4 heteroatoms. The Morgan fingerprint density at radius 1 is 1.42 bits per heavy atom. The highest BCUT2D eigenvalue weighted by Crippen LogP contribution is 2.20. The van der Waals surface area contributed by atoms with Gasteiger partial charge in [0.05, 0.1) is 6.20 Å². The highest BCUT2D eigenvalue weighted by Gasteiger charge is 2.07. The first kappa shape index (κ1) is 14.2. The number of rotatable bonds is 6. The number of aromatic nitrogens is 2. The van der Waals surface area contributed by atoms with Crippen molar-refractivity contribution in [1.29, 1.82) is 0 Å². The topological polar surface area (TPSA) is 43.8 Å². The summed E-state index contributed by atoms with van der Waals surface area (Å²) in [7, 11) is 0. The summed E-state index contributed by atoms with van der Waals surface area (Å²) in [5.74, 6) is 0.931. The Balaban J connectivity index is 1.82. The van der Waals surface area contributed by atoms with Gasteiger partial charge in [-0.3, -0.25) is 4.68 Å². The molecule has 3 nitrogen and oxygen atoms in total. The minimum atomic E-state index is 0.167. The van der Waals surface area contributed by atoms with E-state index in [0.717, 1.165) is 18.7 Å². The second-order valence-electron chi connectivity index (χ2n) is 4.80. The average Bonchev–Trinajstić information content (AvgIpc) is 2.84. The lowest BCUT2D eigenvalue weighted by molar-refractivity contribution is 0.658. The summed E-state index contributed by atoms with van der Waals surface area (Å²) >= 11 is 1.82. The normalized spacial score (nSPS) is 12.6. The first-order valence-electron chi connectivity index (χ1n) is 6.63. The fourth-order valence-electron chi connectivity index (χ4n) is 1.95. The van der Waals surface area contributed by atoms with Gasteiger partial charge in [0.15, 0.2) is 0 Å². The molecule has 102 valence electrons. The highest BCUT2D eigenvalue weighted by molar-refractivity contribution is 7.99. The predicted octanol–water partition coefficient (Wildman–Crippen LogP) is 2.87. The largest absolute Gasteiger partial charge is 0.327 e. The zero-order valence-electron chi connectivity index (χ0n) is 11.5. The molecule has 0 spiro atoms. The Hall–Kier alpha value is -1.26. The van der Waals surface area contributed by atoms with Crippen LogP contribution in [-0.4, -0.2) is 21.6 Å². The van der Waals surface area contributed by atoms with Crippen LogP contribution >= 0.6 is 11.8 Å². The van der Waals surface area contributed by atoms with Gasteiger partial charge in [0, 0.05) is 29.4 Å². The predicted molar refractivity (Wildman–Crippen MR) is 81.5 cm³/mol. The number of hydrogen-bond donors (Lipinski definition) is 1. The maximum atomic E-state index is 6.18. The van der Waals surface area contributed by atoms with E-state index in [9.17, 15) is 0 Å². The quantitative estimate of drug-likeness (QED) is 0.824. The Bertz CT molecular complexity index is 522. The van der Waals surface area contributed by atoms with Crippen LogP contribution in [0.2, 0.25) is 0 Å². The molecule has 2 N–H and O–H groups in total. The summed E-state index contributed by atoms with van der Waals surface area (Å²) in [6, 6.07) is 8.71. The van der Waals surface area contributed by atoms with E-state index in [1.165, 1.54) is 16.0 Å². The molecule has 0 saturated heterocycles. The average molecular weight is 275 g/mol. The fourth-order valence-corrected chi connectivity index (χ4v) is 2.92. The molecule has 2 aromatic rings. The first-order chi connectivity index (χ1) is 9.17. The zero-order valence-corrected chi connectivity index (χ0v) is 12.4. The van der Waals surface area contributed by atoms with Gasteiger partial charge < -0.3 is 5.73 Å². The summed E-state index contributed by atoms with van der Waals surface area (Å²) in [5.41, 5.74) is 8.70. The van der Waals surface area contributed by atoms with Gasteiger partial charge in [0.25, 0.3) is 0 Å². The van der Waals surface area contributed by atoms with E-state index >= 15 is 0 Å². The molecule has 0 bridgehead atoms. The zero-order chi connectivity index (χ0) is 13.7. The number of thioether (sulfide) groups is 1. The number of hydrogen-bond acceptors (Lipinski definition) is 3. The molecule has 1 heterocycles. The van der Waals surface area contributed by atoms with Gasteiger partial charge >= 0.3 is 0 Å². The highest BCUT2D eigenvalue weighted by atomic mass is 32.2. The van der Waals surface area contributed by atoms with Crippen molar-refractivity contribution in [3.63, 3.8) is 0 Å². The Morgan fingerprint density at radius 3 is 2.95 bits per heavy atom. The maximum absolute atomic E-state index is 6.18. The van der Waals surface area contributed by atoms with Crippen molar-refractivity contribution in [3.8, 4) is 0 Å². The molecule has 1 aromatic heterocycles. The van der Waals surface area contributed by atoms with Crippen LogP contribution in [-0.2, 0) is 13.0 Å². The van der Waals surface area contributed by atoms with Gasteiger partial charge in [-0.05, 0) is 38.0 Å². The van der Waals surface area contributed by atoms with Crippen LogP contribution in [0.4, 0.5) is 0 Å². The van der Waals surface area contributed by atoms with Crippen molar-refractivity contribution in [3.05, 3.63) is 47.8 Å². The molecule has 0 saturated carbocycles. The van der Waals surface area contributed by atoms with Crippen molar-refractivity contribution in [2.75, 3.05) is 5.75 Å².